The average Bonchev–Trinajstić information content (AvgIpc) is 2.77. The smallest absolute Gasteiger partial charge is 0.271 e. The van der Waals surface area contributed by atoms with E-state index in [9.17, 15) is 9.18 Å². The van der Waals surface area contributed by atoms with E-state index >= 15 is 0 Å². The minimum absolute atomic E-state index is 0.0182. The quantitative estimate of drug-likeness (QED) is 0.821. The van der Waals surface area contributed by atoms with E-state index in [1.54, 1.807) is 42.5 Å². The first kappa shape index (κ1) is 14.8. The molecule has 1 aliphatic rings. The molecule has 1 amide bonds. The zero-order valence-electron chi connectivity index (χ0n) is 11.2. The summed E-state index contributed by atoms with van der Waals surface area (Å²) in [5, 5.41) is 8.53. The Morgan fingerprint density at radius 1 is 1.14 bits per heavy atom. The van der Waals surface area contributed by atoms with Gasteiger partial charge in [0.2, 0.25) is 0 Å². The van der Waals surface area contributed by atoms with Gasteiger partial charge in [0.15, 0.2) is 5.17 Å². The van der Waals surface area contributed by atoms with Crippen LogP contribution in [0.4, 0.5) is 10.1 Å². The SMILES string of the molecule is N=C1S/C(=C/c2ccc(Cl)cc2)C(=O)N1c1ccccc1F. The number of para-hydroxylation sites is 1. The van der Waals surface area contributed by atoms with Crippen LogP contribution in [-0.2, 0) is 4.79 Å². The van der Waals surface area contributed by atoms with Crippen LogP contribution in [0.25, 0.3) is 6.08 Å². The minimum atomic E-state index is -0.533. The number of amides is 1. The highest BCUT2D eigenvalue weighted by Crippen LogP contribution is 2.36. The Morgan fingerprint density at radius 3 is 2.50 bits per heavy atom. The van der Waals surface area contributed by atoms with Crippen molar-refractivity contribution in [1.82, 2.24) is 0 Å². The molecule has 110 valence electrons. The van der Waals surface area contributed by atoms with E-state index in [4.69, 9.17) is 17.0 Å². The van der Waals surface area contributed by atoms with Crippen molar-refractivity contribution >= 4 is 46.2 Å². The lowest BCUT2D eigenvalue weighted by atomic mass is 10.2. The molecule has 0 aliphatic carbocycles. The van der Waals surface area contributed by atoms with Crippen molar-refractivity contribution in [2.24, 2.45) is 0 Å². The monoisotopic (exact) mass is 332 g/mol. The fourth-order valence-corrected chi connectivity index (χ4v) is 3.03. The molecule has 22 heavy (non-hydrogen) atoms. The molecule has 0 aromatic heterocycles. The highest BCUT2D eigenvalue weighted by atomic mass is 35.5. The molecule has 0 radical (unpaired) electrons. The lowest BCUT2D eigenvalue weighted by molar-refractivity contribution is -0.113. The molecular formula is C16H10ClFN2OS. The van der Waals surface area contributed by atoms with Gasteiger partial charge in [0.05, 0.1) is 10.6 Å². The Balaban J connectivity index is 1.95. The molecule has 1 fully saturated rings. The zero-order valence-corrected chi connectivity index (χ0v) is 12.8. The van der Waals surface area contributed by atoms with Crippen LogP contribution < -0.4 is 4.90 Å². The summed E-state index contributed by atoms with van der Waals surface area (Å²) in [5.41, 5.74) is 0.882. The number of halogens is 2. The topological polar surface area (TPSA) is 44.2 Å². The number of anilines is 1. The number of carbonyl (C=O) groups is 1. The summed E-state index contributed by atoms with van der Waals surface area (Å²) in [6.07, 6.45) is 1.67. The van der Waals surface area contributed by atoms with Crippen LogP contribution in [0.1, 0.15) is 5.56 Å². The number of benzene rings is 2. The van der Waals surface area contributed by atoms with Gasteiger partial charge in [-0.25, -0.2) is 4.39 Å². The summed E-state index contributed by atoms with van der Waals surface area (Å²) in [7, 11) is 0. The molecule has 2 aromatic rings. The fraction of sp³-hybridized carbons (Fsp3) is 0. The maximum Gasteiger partial charge on any atom is 0.271 e. The second-order valence-corrected chi connectivity index (χ2v) is 6.03. The number of rotatable bonds is 2. The second kappa shape index (κ2) is 5.94. The third kappa shape index (κ3) is 2.77. The van der Waals surface area contributed by atoms with Crippen molar-refractivity contribution in [3.63, 3.8) is 0 Å². The van der Waals surface area contributed by atoms with Gasteiger partial charge in [0.25, 0.3) is 5.91 Å². The normalized spacial score (nSPS) is 16.6. The number of nitrogens with one attached hydrogen (secondary N) is 1. The first-order valence-corrected chi connectivity index (χ1v) is 7.58. The van der Waals surface area contributed by atoms with E-state index in [1.807, 2.05) is 0 Å². The standard InChI is InChI=1S/C16H10ClFN2OS/c17-11-7-5-10(6-8-11)9-14-15(21)20(16(19)22-14)13-4-2-1-3-12(13)18/h1-9,19H/b14-9+,19-16?. The Kier molecular flexibility index (Phi) is 4.00. The zero-order chi connectivity index (χ0) is 15.7. The van der Waals surface area contributed by atoms with Crippen LogP contribution >= 0.6 is 23.4 Å². The largest absolute Gasteiger partial charge is 0.278 e. The molecule has 1 aliphatic heterocycles. The van der Waals surface area contributed by atoms with Gasteiger partial charge in [-0.3, -0.25) is 15.1 Å². The molecule has 1 heterocycles. The van der Waals surface area contributed by atoms with Crippen LogP contribution in [0.3, 0.4) is 0 Å². The molecule has 1 N–H and O–H groups in total. The van der Waals surface area contributed by atoms with Crippen molar-refractivity contribution in [2.45, 2.75) is 0 Å². The molecule has 0 spiro atoms. The average molecular weight is 333 g/mol. The molecule has 6 heteroatoms. The number of amidine groups is 1. The number of nitrogens with zero attached hydrogens (tertiary/aromatic N) is 1. The van der Waals surface area contributed by atoms with E-state index < -0.39 is 11.7 Å². The Bertz CT molecular complexity index is 789. The van der Waals surface area contributed by atoms with E-state index in [-0.39, 0.29) is 10.9 Å². The third-order valence-corrected chi connectivity index (χ3v) is 4.23. The van der Waals surface area contributed by atoms with Gasteiger partial charge in [-0.1, -0.05) is 35.9 Å². The third-order valence-electron chi connectivity index (χ3n) is 3.08. The van der Waals surface area contributed by atoms with Gasteiger partial charge in [0.1, 0.15) is 5.82 Å². The summed E-state index contributed by atoms with van der Waals surface area (Å²) in [6.45, 7) is 0. The van der Waals surface area contributed by atoms with E-state index in [0.717, 1.165) is 22.2 Å². The number of hydrogen-bond acceptors (Lipinski definition) is 3. The van der Waals surface area contributed by atoms with Crippen LogP contribution in [0.2, 0.25) is 5.02 Å². The van der Waals surface area contributed by atoms with E-state index in [0.29, 0.717) is 9.93 Å². The van der Waals surface area contributed by atoms with Crippen LogP contribution in [0, 0.1) is 11.2 Å². The van der Waals surface area contributed by atoms with Crippen LogP contribution in [0.5, 0.6) is 0 Å². The van der Waals surface area contributed by atoms with Gasteiger partial charge >= 0.3 is 0 Å². The van der Waals surface area contributed by atoms with Gasteiger partial charge in [-0.2, -0.15) is 0 Å². The molecule has 0 unspecified atom stereocenters. The first-order chi connectivity index (χ1) is 10.6. The van der Waals surface area contributed by atoms with Crippen molar-refractivity contribution in [3.05, 3.63) is 69.8 Å². The number of hydrogen-bond donors (Lipinski definition) is 1. The van der Waals surface area contributed by atoms with Crippen molar-refractivity contribution in [3.8, 4) is 0 Å². The van der Waals surface area contributed by atoms with Gasteiger partial charge < -0.3 is 0 Å². The minimum Gasteiger partial charge on any atom is -0.278 e. The van der Waals surface area contributed by atoms with Gasteiger partial charge in [-0.05, 0) is 47.7 Å². The van der Waals surface area contributed by atoms with Crippen LogP contribution in [-0.4, -0.2) is 11.1 Å². The Labute approximate surface area is 135 Å². The predicted octanol–water partition coefficient (Wildman–Crippen LogP) is 4.53. The Morgan fingerprint density at radius 2 is 1.82 bits per heavy atom. The first-order valence-electron chi connectivity index (χ1n) is 6.39. The second-order valence-electron chi connectivity index (χ2n) is 4.56. The fourth-order valence-electron chi connectivity index (χ4n) is 2.05. The summed E-state index contributed by atoms with van der Waals surface area (Å²) in [4.78, 5) is 13.9. The lowest BCUT2D eigenvalue weighted by Gasteiger charge is -2.14. The predicted molar refractivity (Wildman–Crippen MR) is 88.6 cm³/mol. The molecule has 3 rings (SSSR count). The molecule has 0 saturated carbocycles. The molecule has 1 saturated heterocycles. The van der Waals surface area contributed by atoms with Gasteiger partial charge in [0, 0.05) is 5.02 Å². The number of thioether (sulfide) groups is 1. The summed E-state index contributed by atoms with van der Waals surface area (Å²) < 4.78 is 13.9. The molecule has 3 nitrogen and oxygen atoms in total. The lowest BCUT2D eigenvalue weighted by Crippen LogP contribution is -2.28. The highest BCUT2D eigenvalue weighted by Gasteiger charge is 2.34. The molecule has 2 aromatic carbocycles. The maximum atomic E-state index is 13.9. The van der Waals surface area contributed by atoms with Crippen molar-refractivity contribution in [2.75, 3.05) is 4.90 Å². The van der Waals surface area contributed by atoms with Crippen molar-refractivity contribution in [1.29, 1.82) is 5.41 Å². The molecule has 0 bridgehead atoms. The number of carbonyl (C=O) groups excluding carboxylic acids is 1. The maximum absolute atomic E-state index is 13.9. The van der Waals surface area contributed by atoms with Crippen LogP contribution in [0.15, 0.2) is 53.4 Å². The summed E-state index contributed by atoms with van der Waals surface area (Å²) in [6, 6.07) is 12.9. The summed E-state index contributed by atoms with van der Waals surface area (Å²) >= 11 is 6.83. The van der Waals surface area contributed by atoms with Crippen molar-refractivity contribution < 1.29 is 9.18 Å². The van der Waals surface area contributed by atoms with E-state index in [2.05, 4.69) is 0 Å². The molecular weight excluding hydrogens is 323 g/mol. The molecule has 0 atom stereocenters. The van der Waals surface area contributed by atoms with Gasteiger partial charge in [-0.15, -0.1) is 0 Å². The van der Waals surface area contributed by atoms with E-state index in [1.165, 1.54) is 12.1 Å². The summed E-state index contributed by atoms with van der Waals surface area (Å²) in [5.74, 6) is -0.941. The highest BCUT2D eigenvalue weighted by molar-refractivity contribution is 8.19. The Hall–Kier alpha value is -2.11.